The van der Waals surface area contributed by atoms with E-state index in [1.165, 1.54) is 0 Å². The van der Waals surface area contributed by atoms with Gasteiger partial charge in [-0.2, -0.15) is 0 Å². The second-order valence-electron chi connectivity index (χ2n) is 2.68. The zero-order chi connectivity index (χ0) is 8.27. The highest BCUT2D eigenvalue weighted by molar-refractivity contribution is 5.70. The Labute approximate surface area is 65.7 Å². The number of hydrogen-bond donors (Lipinski definition) is 1. The number of carboxylic acid groups (broad SMARTS) is 1. The van der Waals surface area contributed by atoms with E-state index in [1.54, 1.807) is 6.92 Å². The van der Waals surface area contributed by atoms with Crippen molar-refractivity contribution < 1.29 is 14.6 Å². The van der Waals surface area contributed by atoms with Crippen molar-refractivity contribution >= 4 is 5.97 Å². The molecule has 1 N–H and O–H groups in total. The molecule has 0 amide bonds. The predicted octanol–water partition coefficient (Wildman–Crippen LogP) is 1.05. The van der Waals surface area contributed by atoms with E-state index in [9.17, 15) is 4.79 Å². The third kappa shape index (κ3) is 2.05. The number of carbonyl (C=O) groups is 1. The minimum Gasteiger partial charge on any atom is -0.481 e. The number of ether oxygens (including phenoxy) is 1. The van der Waals surface area contributed by atoms with Crippen LogP contribution >= 0.6 is 0 Å². The molecule has 0 fully saturated rings. The van der Waals surface area contributed by atoms with Crippen LogP contribution in [0.4, 0.5) is 0 Å². The maximum atomic E-state index is 10.5. The first-order valence-corrected chi connectivity index (χ1v) is 3.73. The Morgan fingerprint density at radius 1 is 1.82 bits per heavy atom. The van der Waals surface area contributed by atoms with Gasteiger partial charge in [0.2, 0.25) is 0 Å². The van der Waals surface area contributed by atoms with Gasteiger partial charge < -0.3 is 9.84 Å². The van der Waals surface area contributed by atoms with Crippen LogP contribution in [0.1, 0.15) is 13.3 Å². The Morgan fingerprint density at radius 2 is 2.55 bits per heavy atom. The molecule has 0 bridgehead atoms. The largest absolute Gasteiger partial charge is 0.481 e. The van der Waals surface area contributed by atoms with E-state index in [1.807, 2.05) is 12.2 Å². The molecule has 1 aliphatic rings. The van der Waals surface area contributed by atoms with Gasteiger partial charge in [0.1, 0.15) is 0 Å². The smallest absolute Gasteiger partial charge is 0.309 e. The lowest BCUT2D eigenvalue weighted by Crippen LogP contribution is -2.28. The van der Waals surface area contributed by atoms with Crippen molar-refractivity contribution in [2.45, 2.75) is 19.4 Å². The minimum absolute atomic E-state index is 0.235. The van der Waals surface area contributed by atoms with Crippen molar-refractivity contribution in [3.63, 3.8) is 0 Å². The van der Waals surface area contributed by atoms with E-state index >= 15 is 0 Å². The zero-order valence-electron chi connectivity index (χ0n) is 6.49. The van der Waals surface area contributed by atoms with E-state index in [-0.39, 0.29) is 6.10 Å². The Bertz CT molecular complexity index is 174. The summed E-state index contributed by atoms with van der Waals surface area (Å²) in [5.74, 6) is -1.24. The first kappa shape index (κ1) is 8.27. The molecule has 0 spiro atoms. The van der Waals surface area contributed by atoms with Gasteiger partial charge in [0.05, 0.1) is 18.6 Å². The van der Waals surface area contributed by atoms with Crippen LogP contribution in [0, 0.1) is 5.92 Å². The Hall–Kier alpha value is -0.830. The fourth-order valence-electron chi connectivity index (χ4n) is 1.01. The van der Waals surface area contributed by atoms with Crippen molar-refractivity contribution in [1.29, 1.82) is 0 Å². The van der Waals surface area contributed by atoms with Crippen LogP contribution in [0.15, 0.2) is 12.2 Å². The predicted molar refractivity (Wildman–Crippen MR) is 40.3 cm³/mol. The third-order valence-electron chi connectivity index (χ3n) is 1.80. The molecule has 1 heterocycles. The molecule has 0 aliphatic carbocycles. The lowest BCUT2D eigenvalue weighted by atomic mass is 10.0. The Morgan fingerprint density at radius 3 is 3.00 bits per heavy atom. The molecule has 3 heteroatoms. The van der Waals surface area contributed by atoms with Crippen molar-refractivity contribution in [3.05, 3.63) is 12.2 Å². The average Bonchev–Trinajstić information content (AvgIpc) is 2.05. The molecule has 0 saturated carbocycles. The number of carboxylic acids is 1. The first-order chi connectivity index (χ1) is 5.22. The molecule has 11 heavy (non-hydrogen) atoms. The summed E-state index contributed by atoms with van der Waals surface area (Å²) in [6.07, 6.45) is 4.44. The van der Waals surface area contributed by atoms with Gasteiger partial charge in [0.15, 0.2) is 0 Å². The summed E-state index contributed by atoms with van der Waals surface area (Å²) in [6, 6.07) is 0. The molecular formula is C8H12O3. The summed E-state index contributed by atoms with van der Waals surface area (Å²) in [7, 11) is 0. The molecule has 0 aromatic heterocycles. The monoisotopic (exact) mass is 156 g/mol. The molecule has 0 aromatic carbocycles. The normalized spacial score (nSPS) is 26.5. The highest BCUT2D eigenvalue weighted by Gasteiger charge is 2.22. The molecule has 1 rings (SSSR count). The van der Waals surface area contributed by atoms with Gasteiger partial charge >= 0.3 is 5.97 Å². The zero-order valence-corrected chi connectivity index (χ0v) is 6.49. The summed E-state index contributed by atoms with van der Waals surface area (Å²) in [5.41, 5.74) is 0. The number of hydrogen-bond acceptors (Lipinski definition) is 2. The maximum absolute atomic E-state index is 10.5. The second kappa shape index (κ2) is 3.53. The van der Waals surface area contributed by atoms with Crippen LogP contribution < -0.4 is 0 Å². The average molecular weight is 156 g/mol. The summed E-state index contributed by atoms with van der Waals surface area (Å²) < 4.78 is 5.23. The van der Waals surface area contributed by atoms with Crippen LogP contribution in [0.3, 0.4) is 0 Å². The second-order valence-corrected chi connectivity index (χ2v) is 2.68. The van der Waals surface area contributed by atoms with E-state index in [0.29, 0.717) is 6.61 Å². The standard InChI is InChI=1S/C8H12O3/c1-6(8(9)10)7-4-2-3-5-11-7/h2,4,6-7H,3,5H2,1H3,(H,9,10)/t6-,7-/m1/s1. The highest BCUT2D eigenvalue weighted by Crippen LogP contribution is 2.13. The lowest BCUT2D eigenvalue weighted by Gasteiger charge is -2.20. The molecule has 62 valence electrons. The van der Waals surface area contributed by atoms with Crippen LogP contribution in [-0.4, -0.2) is 23.8 Å². The fraction of sp³-hybridized carbons (Fsp3) is 0.625. The lowest BCUT2D eigenvalue weighted by molar-refractivity contribution is -0.145. The Kier molecular flexibility index (Phi) is 2.65. The van der Waals surface area contributed by atoms with Gasteiger partial charge in [-0.3, -0.25) is 4.79 Å². The van der Waals surface area contributed by atoms with Crippen LogP contribution in [-0.2, 0) is 9.53 Å². The molecule has 0 aromatic rings. The minimum atomic E-state index is -0.804. The highest BCUT2D eigenvalue weighted by atomic mass is 16.5. The van der Waals surface area contributed by atoms with Crippen molar-refractivity contribution in [1.82, 2.24) is 0 Å². The number of aliphatic carboxylic acids is 1. The molecular weight excluding hydrogens is 144 g/mol. The van der Waals surface area contributed by atoms with Crippen LogP contribution in [0.2, 0.25) is 0 Å². The quantitative estimate of drug-likeness (QED) is 0.608. The first-order valence-electron chi connectivity index (χ1n) is 3.73. The van der Waals surface area contributed by atoms with Crippen molar-refractivity contribution in [2.75, 3.05) is 6.61 Å². The fourth-order valence-corrected chi connectivity index (χ4v) is 1.01. The molecule has 0 saturated heterocycles. The molecule has 2 atom stereocenters. The Balaban J connectivity index is 2.52. The SMILES string of the molecule is C[C@@H](C(=O)O)[C@H]1C=CCCO1. The van der Waals surface area contributed by atoms with E-state index in [4.69, 9.17) is 9.84 Å². The molecule has 1 aliphatic heterocycles. The van der Waals surface area contributed by atoms with Gasteiger partial charge in [0, 0.05) is 0 Å². The summed E-state index contributed by atoms with van der Waals surface area (Å²) in [6.45, 7) is 2.29. The third-order valence-corrected chi connectivity index (χ3v) is 1.80. The maximum Gasteiger partial charge on any atom is 0.309 e. The molecule has 0 unspecified atom stereocenters. The molecule has 0 radical (unpaired) electrons. The molecule has 3 nitrogen and oxygen atoms in total. The summed E-state index contributed by atoms with van der Waals surface area (Å²) in [5, 5.41) is 8.62. The van der Waals surface area contributed by atoms with Crippen LogP contribution in [0.25, 0.3) is 0 Å². The van der Waals surface area contributed by atoms with Crippen molar-refractivity contribution in [3.8, 4) is 0 Å². The van der Waals surface area contributed by atoms with Crippen LogP contribution in [0.5, 0.6) is 0 Å². The van der Waals surface area contributed by atoms with E-state index in [2.05, 4.69) is 0 Å². The topological polar surface area (TPSA) is 46.5 Å². The summed E-state index contributed by atoms with van der Waals surface area (Å²) >= 11 is 0. The van der Waals surface area contributed by atoms with E-state index < -0.39 is 11.9 Å². The van der Waals surface area contributed by atoms with Gasteiger partial charge in [0.25, 0.3) is 0 Å². The van der Waals surface area contributed by atoms with Gasteiger partial charge in [-0.25, -0.2) is 0 Å². The number of rotatable bonds is 2. The van der Waals surface area contributed by atoms with Gasteiger partial charge in [-0.1, -0.05) is 12.2 Å². The van der Waals surface area contributed by atoms with Gasteiger partial charge in [-0.15, -0.1) is 0 Å². The summed E-state index contributed by atoms with van der Waals surface area (Å²) in [4.78, 5) is 10.5. The van der Waals surface area contributed by atoms with Gasteiger partial charge in [-0.05, 0) is 13.3 Å². The van der Waals surface area contributed by atoms with E-state index in [0.717, 1.165) is 6.42 Å². The van der Waals surface area contributed by atoms with Crippen molar-refractivity contribution in [2.24, 2.45) is 5.92 Å².